The van der Waals surface area contributed by atoms with E-state index in [1.54, 1.807) is 6.92 Å². The average molecular weight is 242 g/mol. The topological polar surface area (TPSA) is 61.4 Å². The van der Waals surface area contributed by atoms with Gasteiger partial charge < -0.3 is 15.7 Å². The normalized spacial score (nSPS) is 23.2. The van der Waals surface area contributed by atoms with Crippen molar-refractivity contribution in [1.82, 2.24) is 10.6 Å². The monoisotopic (exact) mass is 242 g/mol. The number of carbonyl (C=O) groups excluding carboxylic acids is 1. The van der Waals surface area contributed by atoms with Crippen LogP contribution in [0.1, 0.15) is 46.5 Å². The van der Waals surface area contributed by atoms with Gasteiger partial charge in [0.1, 0.15) is 0 Å². The van der Waals surface area contributed by atoms with Gasteiger partial charge in [-0.25, -0.2) is 0 Å². The number of piperidine rings is 1. The van der Waals surface area contributed by atoms with Crippen molar-refractivity contribution in [1.29, 1.82) is 0 Å². The molecule has 0 aromatic heterocycles. The van der Waals surface area contributed by atoms with E-state index < -0.39 is 11.6 Å². The molecular formula is C13H26N2O2. The second-order valence-corrected chi connectivity index (χ2v) is 5.70. The first kappa shape index (κ1) is 14.5. The highest BCUT2D eigenvalue weighted by Gasteiger charge is 2.26. The van der Waals surface area contributed by atoms with Gasteiger partial charge in [-0.3, -0.25) is 4.79 Å². The van der Waals surface area contributed by atoms with E-state index in [4.69, 9.17) is 0 Å². The van der Waals surface area contributed by atoms with Crippen molar-refractivity contribution in [3.8, 4) is 0 Å². The summed E-state index contributed by atoms with van der Waals surface area (Å²) in [6.45, 7) is 7.53. The van der Waals surface area contributed by atoms with E-state index in [9.17, 15) is 9.90 Å². The molecular weight excluding hydrogens is 216 g/mol. The van der Waals surface area contributed by atoms with Crippen molar-refractivity contribution in [3.05, 3.63) is 0 Å². The molecule has 1 heterocycles. The molecule has 0 bridgehead atoms. The van der Waals surface area contributed by atoms with Gasteiger partial charge in [-0.15, -0.1) is 0 Å². The molecule has 2 atom stereocenters. The van der Waals surface area contributed by atoms with Crippen LogP contribution in [0, 0.1) is 5.92 Å². The van der Waals surface area contributed by atoms with E-state index in [0.29, 0.717) is 12.3 Å². The third-order valence-corrected chi connectivity index (χ3v) is 3.68. The number of hydrogen-bond donors (Lipinski definition) is 3. The maximum atomic E-state index is 11.8. The Bertz CT molecular complexity index is 246. The Balaban J connectivity index is 2.25. The largest absolute Gasteiger partial charge is 0.391 e. The van der Waals surface area contributed by atoms with Gasteiger partial charge in [0.25, 0.3) is 0 Å². The van der Waals surface area contributed by atoms with Crippen LogP contribution in [0.4, 0.5) is 0 Å². The van der Waals surface area contributed by atoms with E-state index in [0.717, 1.165) is 19.5 Å². The van der Waals surface area contributed by atoms with Crippen LogP contribution in [-0.2, 0) is 4.79 Å². The number of aliphatic hydroxyl groups excluding tert-OH is 1. The molecule has 0 aromatic rings. The van der Waals surface area contributed by atoms with Crippen LogP contribution in [0.15, 0.2) is 0 Å². The maximum Gasteiger partial charge on any atom is 0.220 e. The molecule has 1 amide bonds. The van der Waals surface area contributed by atoms with Crippen LogP contribution < -0.4 is 10.6 Å². The average Bonchev–Trinajstić information content (AvgIpc) is 2.27. The minimum atomic E-state index is -0.540. The second-order valence-electron chi connectivity index (χ2n) is 5.70. The van der Waals surface area contributed by atoms with Gasteiger partial charge in [0.05, 0.1) is 11.6 Å². The first-order chi connectivity index (χ1) is 7.92. The van der Waals surface area contributed by atoms with Crippen molar-refractivity contribution in [3.63, 3.8) is 0 Å². The Kier molecular flexibility index (Phi) is 5.40. The van der Waals surface area contributed by atoms with Crippen LogP contribution >= 0.6 is 0 Å². The SMILES string of the molecule is CC(O)C(C)(C)NC(=O)CCC1CCCNC1. The quantitative estimate of drug-likeness (QED) is 0.675. The third-order valence-electron chi connectivity index (χ3n) is 3.68. The molecule has 4 nitrogen and oxygen atoms in total. The molecule has 1 fully saturated rings. The molecule has 3 N–H and O–H groups in total. The summed E-state index contributed by atoms with van der Waals surface area (Å²) in [5.74, 6) is 0.672. The predicted molar refractivity (Wildman–Crippen MR) is 68.7 cm³/mol. The Labute approximate surface area is 104 Å². The minimum absolute atomic E-state index is 0.0430. The zero-order valence-electron chi connectivity index (χ0n) is 11.3. The lowest BCUT2D eigenvalue weighted by atomic mass is 9.93. The minimum Gasteiger partial charge on any atom is -0.391 e. The van der Waals surface area contributed by atoms with Crippen molar-refractivity contribution < 1.29 is 9.90 Å². The lowest BCUT2D eigenvalue weighted by Gasteiger charge is -2.30. The molecule has 0 saturated carbocycles. The van der Waals surface area contributed by atoms with Gasteiger partial charge >= 0.3 is 0 Å². The zero-order valence-corrected chi connectivity index (χ0v) is 11.3. The number of rotatable bonds is 5. The summed E-state index contributed by atoms with van der Waals surface area (Å²) in [6.07, 6.45) is 3.39. The lowest BCUT2D eigenvalue weighted by molar-refractivity contribution is -0.124. The summed E-state index contributed by atoms with van der Waals surface area (Å²) in [7, 11) is 0. The summed E-state index contributed by atoms with van der Waals surface area (Å²) in [6, 6.07) is 0. The van der Waals surface area contributed by atoms with Gasteiger partial charge in [-0.2, -0.15) is 0 Å². The number of aliphatic hydroxyl groups is 1. The van der Waals surface area contributed by atoms with Gasteiger partial charge in [0, 0.05) is 6.42 Å². The highest BCUT2D eigenvalue weighted by atomic mass is 16.3. The summed E-state index contributed by atoms with van der Waals surface area (Å²) in [5.41, 5.74) is -0.540. The fourth-order valence-electron chi connectivity index (χ4n) is 2.03. The van der Waals surface area contributed by atoms with Crippen LogP contribution in [0.25, 0.3) is 0 Å². The van der Waals surface area contributed by atoms with Crippen LogP contribution in [0.3, 0.4) is 0 Å². The summed E-state index contributed by atoms with van der Waals surface area (Å²) < 4.78 is 0. The zero-order chi connectivity index (χ0) is 12.9. The number of hydrogen-bond acceptors (Lipinski definition) is 3. The highest BCUT2D eigenvalue weighted by Crippen LogP contribution is 2.16. The molecule has 17 heavy (non-hydrogen) atoms. The first-order valence-corrected chi connectivity index (χ1v) is 6.61. The van der Waals surface area contributed by atoms with Crippen LogP contribution in [-0.4, -0.2) is 35.7 Å². The molecule has 0 aliphatic carbocycles. The molecule has 1 rings (SSSR count). The van der Waals surface area contributed by atoms with Crippen molar-refractivity contribution in [2.24, 2.45) is 5.92 Å². The number of amides is 1. The summed E-state index contributed by atoms with van der Waals surface area (Å²) >= 11 is 0. The van der Waals surface area contributed by atoms with E-state index in [1.165, 1.54) is 12.8 Å². The van der Waals surface area contributed by atoms with Crippen LogP contribution in [0.2, 0.25) is 0 Å². The smallest absolute Gasteiger partial charge is 0.220 e. The Morgan fingerprint density at radius 1 is 1.59 bits per heavy atom. The molecule has 0 aromatic carbocycles. The molecule has 2 unspecified atom stereocenters. The molecule has 0 spiro atoms. The predicted octanol–water partition coefficient (Wildman–Crippen LogP) is 1.04. The standard InChI is InChI=1S/C13H26N2O2/c1-10(16)13(2,3)15-12(17)7-6-11-5-4-8-14-9-11/h10-11,14,16H,4-9H2,1-3H3,(H,15,17). The number of nitrogens with one attached hydrogen (secondary N) is 2. The van der Waals surface area contributed by atoms with E-state index in [-0.39, 0.29) is 5.91 Å². The first-order valence-electron chi connectivity index (χ1n) is 6.61. The third kappa shape index (κ3) is 5.04. The lowest BCUT2D eigenvalue weighted by Crippen LogP contribution is -2.51. The highest BCUT2D eigenvalue weighted by molar-refractivity contribution is 5.76. The summed E-state index contributed by atoms with van der Waals surface area (Å²) in [4.78, 5) is 11.8. The van der Waals surface area contributed by atoms with Gasteiger partial charge in [-0.1, -0.05) is 0 Å². The Morgan fingerprint density at radius 3 is 2.82 bits per heavy atom. The van der Waals surface area contributed by atoms with E-state index >= 15 is 0 Å². The molecule has 1 saturated heterocycles. The van der Waals surface area contributed by atoms with Gasteiger partial charge in [0.15, 0.2) is 0 Å². The van der Waals surface area contributed by atoms with Crippen molar-refractivity contribution in [2.75, 3.05) is 13.1 Å². The fourth-order valence-corrected chi connectivity index (χ4v) is 2.03. The number of carbonyl (C=O) groups is 1. The Hall–Kier alpha value is -0.610. The Morgan fingerprint density at radius 2 is 2.29 bits per heavy atom. The molecule has 1 aliphatic rings. The molecule has 100 valence electrons. The van der Waals surface area contributed by atoms with E-state index in [2.05, 4.69) is 10.6 Å². The molecule has 4 heteroatoms. The second kappa shape index (κ2) is 6.36. The van der Waals surface area contributed by atoms with Gasteiger partial charge in [-0.05, 0) is 59.0 Å². The molecule has 0 radical (unpaired) electrons. The van der Waals surface area contributed by atoms with Crippen molar-refractivity contribution in [2.45, 2.75) is 58.1 Å². The molecule has 1 aliphatic heterocycles. The van der Waals surface area contributed by atoms with Crippen LogP contribution in [0.5, 0.6) is 0 Å². The fraction of sp³-hybridized carbons (Fsp3) is 0.923. The van der Waals surface area contributed by atoms with Gasteiger partial charge in [0.2, 0.25) is 5.91 Å². The van der Waals surface area contributed by atoms with E-state index in [1.807, 2.05) is 13.8 Å². The summed E-state index contributed by atoms with van der Waals surface area (Å²) in [5, 5.41) is 15.8. The van der Waals surface area contributed by atoms with Crippen molar-refractivity contribution >= 4 is 5.91 Å². The maximum absolute atomic E-state index is 11.8.